The van der Waals surface area contributed by atoms with E-state index in [4.69, 9.17) is 5.73 Å². The molecule has 2 heterocycles. The molecule has 7 heteroatoms. The van der Waals surface area contributed by atoms with Crippen molar-refractivity contribution in [1.82, 2.24) is 15.3 Å². The van der Waals surface area contributed by atoms with Gasteiger partial charge in [0.15, 0.2) is 0 Å². The predicted molar refractivity (Wildman–Crippen MR) is 72.6 cm³/mol. The number of nitrogens with one attached hydrogen (secondary N) is 2. The van der Waals surface area contributed by atoms with E-state index in [9.17, 15) is 9.59 Å². The minimum atomic E-state index is -0.446. The Morgan fingerprint density at radius 2 is 2.26 bits per heavy atom. The Labute approximate surface area is 113 Å². The number of carbonyl (C=O) groups is 2. The Balaban J connectivity index is 1.85. The van der Waals surface area contributed by atoms with E-state index in [0.29, 0.717) is 11.4 Å². The lowest BCUT2D eigenvalue weighted by atomic mass is 10.4. The fraction of sp³-hybridized carbons (Fsp3) is 0.0833. The van der Waals surface area contributed by atoms with Crippen molar-refractivity contribution < 1.29 is 9.59 Å². The molecule has 0 aromatic carbocycles. The van der Waals surface area contributed by atoms with E-state index in [0.717, 1.165) is 4.90 Å². The highest BCUT2D eigenvalue weighted by Crippen LogP contribution is 2.22. The second-order valence-electron chi connectivity index (χ2n) is 3.66. The lowest BCUT2D eigenvalue weighted by Crippen LogP contribution is -2.32. The van der Waals surface area contributed by atoms with Crippen LogP contribution in [-0.2, 0) is 4.79 Å². The molecule has 6 nitrogen and oxygen atoms in total. The molecule has 0 aliphatic carbocycles. The molecule has 98 valence electrons. The molecule has 0 aliphatic rings. The van der Waals surface area contributed by atoms with E-state index < -0.39 is 5.91 Å². The third kappa shape index (κ3) is 3.59. The van der Waals surface area contributed by atoms with Crippen molar-refractivity contribution in [3.8, 4) is 0 Å². The van der Waals surface area contributed by atoms with Crippen molar-refractivity contribution >= 4 is 29.3 Å². The summed E-state index contributed by atoms with van der Waals surface area (Å²) in [7, 11) is 0. The van der Waals surface area contributed by atoms with Gasteiger partial charge in [0.1, 0.15) is 5.69 Å². The second kappa shape index (κ2) is 6.05. The van der Waals surface area contributed by atoms with Crippen LogP contribution in [0.1, 0.15) is 10.5 Å². The summed E-state index contributed by atoms with van der Waals surface area (Å²) in [5.74, 6) is -0.708. The summed E-state index contributed by atoms with van der Waals surface area (Å²) in [6.45, 7) is 0. The number of aromatic amines is 1. The van der Waals surface area contributed by atoms with Crippen LogP contribution in [0.25, 0.3) is 0 Å². The van der Waals surface area contributed by atoms with Crippen LogP contribution in [0, 0.1) is 0 Å². The molecule has 0 fully saturated rings. The van der Waals surface area contributed by atoms with Crippen LogP contribution in [0.3, 0.4) is 0 Å². The van der Waals surface area contributed by atoms with Crippen molar-refractivity contribution in [2.24, 2.45) is 0 Å². The monoisotopic (exact) mass is 276 g/mol. The molecule has 0 saturated heterocycles. The highest BCUT2D eigenvalue weighted by Gasteiger charge is 2.11. The minimum absolute atomic E-state index is 0.112. The van der Waals surface area contributed by atoms with Gasteiger partial charge in [-0.2, -0.15) is 0 Å². The summed E-state index contributed by atoms with van der Waals surface area (Å²) >= 11 is 1.25. The number of carbonyl (C=O) groups excluding carboxylic acids is 2. The molecule has 2 amide bonds. The Morgan fingerprint density at radius 1 is 1.42 bits per heavy atom. The Hall–Kier alpha value is -2.28. The van der Waals surface area contributed by atoms with Gasteiger partial charge in [0.05, 0.1) is 17.6 Å². The number of thioether (sulfide) groups is 1. The van der Waals surface area contributed by atoms with Crippen molar-refractivity contribution in [1.29, 1.82) is 0 Å². The average molecular weight is 276 g/mol. The molecule has 0 aliphatic heterocycles. The molecule has 4 N–H and O–H groups in total. The summed E-state index contributed by atoms with van der Waals surface area (Å²) in [6.07, 6.45) is 4.73. The van der Waals surface area contributed by atoms with E-state index in [1.54, 1.807) is 30.6 Å². The molecule has 0 bridgehead atoms. The van der Waals surface area contributed by atoms with Gasteiger partial charge < -0.3 is 10.7 Å². The van der Waals surface area contributed by atoms with Crippen LogP contribution in [0.2, 0.25) is 0 Å². The molecule has 0 spiro atoms. The largest absolute Gasteiger partial charge is 0.397 e. The summed E-state index contributed by atoms with van der Waals surface area (Å²) in [4.78, 5) is 30.5. The normalized spacial score (nSPS) is 10.1. The number of nitrogens with two attached hydrogens (primary N) is 1. The topological polar surface area (TPSA) is 101 Å². The number of nitrogens with zero attached hydrogens (tertiary/aromatic N) is 1. The van der Waals surface area contributed by atoms with Crippen LogP contribution in [-0.4, -0.2) is 27.5 Å². The highest BCUT2D eigenvalue weighted by molar-refractivity contribution is 8.00. The summed E-state index contributed by atoms with van der Waals surface area (Å²) in [6, 6.07) is 5.00. The quantitative estimate of drug-likeness (QED) is 0.724. The molecule has 2 rings (SSSR count). The molecule has 0 atom stereocenters. The molecule has 0 radical (unpaired) electrons. The number of anilines is 1. The van der Waals surface area contributed by atoms with Gasteiger partial charge in [-0.15, -0.1) is 11.8 Å². The minimum Gasteiger partial charge on any atom is -0.397 e. The number of amides is 2. The van der Waals surface area contributed by atoms with Crippen LogP contribution < -0.4 is 11.1 Å². The first-order valence-corrected chi connectivity index (χ1v) is 6.45. The van der Waals surface area contributed by atoms with Gasteiger partial charge >= 0.3 is 0 Å². The standard InChI is InChI=1S/C12H12N4O2S/c13-8-6-14-5-3-10(8)19-7-11(17)16-12(18)9-2-1-4-15-9/h1-6,15H,7,13H2,(H,16,17,18). The summed E-state index contributed by atoms with van der Waals surface area (Å²) in [5.41, 5.74) is 6.56. The van der Waals surface area contributed by atoms with Gasteiger partial charge in [-0.1, -0.05) is 0 Å². The number of hydrogen-bond donors (Lipinski definition) is 3. The lowest BCUT2D eigenvalue weighted by Gasteiger charge is -2.04. The predicted octanol–water partition coefficient (Wildman–Crippen LogP) is 1.04. The fourth-order valence-electron chi connectivity index (χ4n) is 1.37. The number of hydrogen-bond acceptors (Lipinski definition) is 5. The van der Waals surface area contributed by atoms with Gasteiger partial charge in [0.2, 0.25) is 5.91 Å². The SMILES string of the molecule is Nc1cnccc1SCC(=O)NC(=O)c1ccc[nH]1. The molecule has 0 saturated carbocycles. The first-order chi connectivity index (χ1) is 9.16. The second-order valence-corrected chi connectivity index (χ2v) is 4.68. The lowest BCUT2D eigenvalue weighted by molar-refractivity contribution is -0.117. The average Bonchev–Trinajstić information content (AvgIpc) is 2.91. The molecule has 2 aromatic heterocycles. The number of aromatic nitrogens is 2. The van der Waals surface area contributed by atoms with Gasteiger partial charge in [0.25, 0.3) is 5.91 Å². The zero-order chi connectivity index (χ0) is 13.7. The van der Waals surface area contributed by atoms with Gasteiger partial charge in [0, 0.05) is 17.3 Å². The van der Waals surface area contributed by atoms with Crippen LogP contribution in [0.15, 0.2) is 41.7 Å². The van der Waals surface area contributed by atoms with Crippen molar-refractivity contribution in [3.63, 3.8) is 0 Å². The van der Waals surface area contributed by atoms with Gasteiger partial charge in [-0.25, -0.2) is 0 Å². The van der Waals surface area contributed by atoms with Crippen LogP contribution in [0.4, 0.5) is 5.69 Å². The van der Waals surface area contributed by atoms with Gasteiger partial charge in [-0.05, 0) is 18.2 Å². The van der Waals surface area contributed by atoms with Crippen molar-refractivity contribution in [2.45, 2.75) is 4.90 Å². The van der Waals surface area contributed by atoms with Crippen LogP contribution >= 0.6 is 11.8 Å². The van der Waals surface area contributed by atoms with E-state index in [-0.39, 0.29) is 11.7 Å². The fourth-order valence-corrected chi connectivity index (χ4v) is 2.11. The molecular weight excluding hydrogens is 264 g/mol. The van der Waals surface area contributed by atoms with Crippen molar-refractivity contribution in [3.05, 3.63) is 42.5 Å². The Bertz CT molecular complexity index is 583. The maximum Gasteiger partial charge on any atom is 0.274 e. The smallest absolute Gasteiger partial charge is 0.274 e. The first-order valence-electron chi connectivity index (χ1n) is 5.46. The summed E-state index contributed by atoms with van der Waals surface area (Å²) in [5, 5.41) is 2.29. The Kier molecular flexibility index (Phi) is 4.19. The van der Waals surface area contributed by atoms with Gasteiger partial charge in [-0.3, -0.25) is 19.9 Å². The summed E-state index contributed by atoms with van der Waals surface area (Å²) < 4.78 is 0. The zero-order valence-corrected chi connectivity index (χ0v) is 10.7. The maximum atomic E-state index is 11.6. The van der Waals surface area contributed by atoms with E-state index in [1.807, 2.05) is 0 Å². The molecule has 19 heavy (non-hydrogen) atoms. The molecule has 2 aromatic rings. The third-order valence-electron chi connectivity index (χ3n) is 2.26. The highest BCUT2D eigenvalue weighted by atomic mass is 32.2. The number of rotatable bonds is 4. The Morgan fingerprint density at radius 3 is 2.95 bits per heavy atom. The molecule has 0 unspecified atom stereocenters. The third-order valence-corrected chi connectivity index (χ3v) is 3.35. The van der Waals surface area contributed by atoms with E-state index in [1.165, 1.54) is 18.0 Å². The number of nitrogen functional groups attached to an aromatic ring is 1. The van der Waals surface area contributed by atoms with E-state index in [2.05, 4.69) is 15.3 Å². The van der Waals surface area contributed by atoms with Crippen LogP contribution in [0.5, 0.6) is 0 Å². The first kappa shape index (κ1) is 13.2. The van der Waals surface area contributed by atoms with Crippen molar-refractivity contribution in [2.75, 3.05) is 11.5 Å². The molecular formula is C12H12N4O2S. The number of H-pyrrole nitrogens is 1. The maximum absolute atomic E-state index is 11.6. The van der Waals surface area contributed by atoms with E-state index >= 15 is 0 Å². The number of imide groups is 1. The zero-order valence-electron chi connectivity index (χ0n) is 9.92. The number of pyridine rings is 1.